The van der Waals surface area contributed by atoms with Gasteiger partial charge in [-0.3, -0.25) is 9.59 Å². The van der Waals surface area contributed by atoms with Gasteiger partial charge in [-0.1, -0.05) is 60.7 Å². The highest BCUT2D eigenvalue weighted by atomic mass is 16.5. The zero-order chi connectivity index (χ0) is 19.8. The quantitative estimate of drug-likeness (QED) is 0.766. The van der Waals surface area contributed by atoms with E-state index >= 15 is 0 Å². The van der Waals surface area contributed by atoms with Gasteiger partial charge in [0.1, 0.15) is 6.04 Å². The van der Waals surface area contributed by atoms with Gasteiger partial charge < -0.3 is 15.0 Å². The zero-order valence-corrected chi connectivity index (χ0v) is 16.3. The maximum atomic E-state index is 13.1. The van der Waals surface area contributed by atoms with Gasteiger partial charge in [0.15, 0.2) is 0 Å². The van der Waals surface area contributed by atoms with Gasteiger partial charge >= 0.3 is 0 Å². The van der Waals surface area contributed by atoms with E-state index in [1.54, 1.807) is 4.90 Å². The van der Waals surface area contributed by atoms with Crippen molar-refractivity contribution in [3.05, 3.63) is 71.8 Å². The second-order valence-corrected chi connectivity index (χ2v) is 7.22. The predicted octanol–water partition coefficient (Wildman–Crippen LogP) is 2.94. The van der Waals surface area contributed by atoms with Gasteiger partial charge in [0.25, 0.3) is 0 Å². The Morgan fingerprint density at radius 3 is 2.29 bits per heavy atom. The Kier molecular flexibility index (Phi) is 7.20. The number of carbonyl (C=O) groups excluding carboxylic acids is 2. The largest absolute Gasteiger partial charge is 0.376 e. The molecule has 3 rings (SSSR count). The molecular formula is C23H28N2O3. The van der Waals surface area contributed by atoms with Crippen LogP contribution < -0.4 is 5.32 Å². The van der Waals surface area contributed by atoms with Crippen LogP contribution in [0.1, 0.15) is 30.9 Å². The van der Waals surface area contributed by atoms with Crippen molar-refractivity contribution in [1.29, 1.82) is 0 Å². The van der Waals surface area contributed by atoms with E-state index < -0.39 is 6.04 Å². The summed E-state index contributed by atoms with van der Waals surface area (Å²) in [7, 11) is 0. The van der Waals surface area contributed by atoms with Gasteiger partial charge in [-0.05, 0) is 24.0 Å². The molecule has 2 atom stereocenters. The molecular weight excluding hydrogens is 352 g/mol. The first-order valence-corrected chi connectivity index (χ1v) is 9.88. The average Bonchev–Trinajstić information content (AvgIpc) is 3.24. The van der Waals surface area contributed by atoms with Crippen LogP contribution in [-0.2, 0) is 27.3 Å². The van der Waals surface area contributed by atoms with E-state index in [1.807, 2.05) is 60.7 Å². The molecule has 0 spiro atoms. The maximum absolute atomic E-state index is 13.1. The number of carbonyl (C=O) groups is 2. The first-order chi connectivity index (χ1) is 13.6. The lowest BCUT2D eigenvalue weighted by molar-refractivity contribution is -0.139. The van der Waals surface area contributed by atoms with Crippen molar-refractivity contribution in [3.63, 3.8) is 0 Å². The van der Waals surface area contributed by atoms with Crippen molar-refractivity contribution in [2.45, 2.75) is 44.9 Å². The number of benzene rings is 2. The fourth-order valence-electron chi connectivity index (χ4n) is 3.54. The zero-order valence-electron chi connectivity index (χ0n) is 16.3. The molecule has 2 aromatic carbocycles. The van der Waals surface area contributed by atoms with Crippen LogP contribution in [0.15, 0.2) is 60.7 Å². The van der Waals surface area contributed by atoms with Gasteiger partial charge in [-0.2, -0.15) is 0 Å². The van der Waals surface area contributed by atoms with Crippen LogP contribution in [0.4, 0.5) is 0 Å². The van der Waals surface area contributed by atoms with Gasteiger partial charge in [-0.15, -0.1) is 0 Å². The molecule has 1 aliphatic rings. The van der Waals surface area contributed by atoms with E-state index in [9.17, 15) is 9.59 Å². The number of nitrogens with zero attached hydrogens (tertiary/aromatic N) is 1. The summed E-state index contributed by atoms with van der Waals surface area (Å²) >= 11 is 0. The standard InChI is InChI=1S/C23H28N2O3/c1-18(26)25(17-20-11-6-3-7-12-20)22(15-19-9-4-2-5-10-19)23(27)24-16-21-13-8-14-28-21/h2-7,9-12,21-22H,8,13-17H2,1H3,(H,24,27)/t21-,22+/m0/s1. The summed E-state index contributed by atoms with van der Waals surface area (Å²) in [5.41, 5.74) is 2.03. The minimum atomic E-state index is -0.568. The van der Waals surface area contributed by atoms with Crippen LogP contribution >= 0.6 is 0 Å². The molecule has 1 aliphatic heterocycles. The number of rotatable bonds is 8. The van der Waals surface area contributed by atoms with Gasteiger partial charge in [0, 0.05) is 33.0 Å². The van der Waals surface area contributed by atoms with E-state index in [0.717, 1.165) is 30.6 Å². The lowest BCUT2D eigenvalue weighted by atomic mass is 10.0. The summed E-state index contributed by atoms with van der Waals surface area (Å²) in [4.78, 5) is 27.2. The van der Waals surface area contributed by atoms with E-state index in [2.05, 4.69) is 5.32 Å². The summed E-state index contributed by atoms with van der Waals surface area (Å²) in [5, 5.41) is 3.01. The van der Waals surface area contributed by atoms with Crippen LogP contribution in [0, 0.1) is 0 Å². The Hall–Kier alpha value is -2.66. The summed E-state index contributed by atoms with van der Waals surface area (Å²) in [6.45, 7) is 3.16. The molecule has 2 aromatic rings. The first kappa shape index (κ1) is 20.1. The Balaban J connectivity index is 1.77. The van der Waals surface area contributed by atoms with Crippen molar-refractivity contribution >= 4 is 11.8 Å². The topological polar surface area (TPSA) is 58.6 Å². The Morgan fingerprint density at radius 1 is 1.07 bits per heavy atom. The molecule has 0 aromatic heterocycles. The van der Waals surface area contributed by atoms with Crippen LogP contribution in [0.3, 0.4) is 0 Å². The van der Waals surface area contributed by atoms with E-state index in [-0.39, 0.29) is 17.9 Å². The molecule has 2 amide bonds. The van der Waals surface area contributed by atoms with Crippen LogP contribution in [0.25, 0.3) is 0 Å². The van der Waals surface area contributed by atoms with Crippen molar-refractivity contribution < 1.29 is 14.3 Å². The Labute approximate surface area is 166 Å². The molecule has 0 unspecified atom stereocenters. The van der Waals surface area contributed by atoms with Crippen LogP contribution in [0.5, 0.6) is 0 Å². The fraction of sp³-hybridized carbons (Fsp3) is 0.391. The molecule has 0 radical (unpaired) electrons. The lowest BCUT2D eigenvalue weighted by Crippen LogP contribution is -2.51. The number of hydrogen-bond donors (Lipinski definition) is 1. The molecule has 1 fully saturated rings. The predicted molar refractivity (Wildman–Crippen MR) is 109 cm³/mol. The summed E-state index contributed by atoms with van der Waals surface area (Å²) in [5.74, 6) is -0.248. The molecule has 1 saturated heterocycles. The monoisotopic (exact) mass is 380 g/mol. The highest BCUT2D eigenvalue weighted by molar-refractivity contribution is 5.87. The third-order valence-corrected chi connectivity index (χ3v) is 5.08. The summed E-state index contributed by atoms with van der Waals surface area (Å²) < 4.78 is 5.61. The van der Waals surface area contributed by atoms with Gasteiger partial charge in [0.2, 0.25) is 11.8 Å². The average molecular weight is 380 g/mol. The third kappa shape index (κ3) is 5.67. The van der Waals surface area contributed by atoms with Crippen LogP contribution in [0.2, 0.25) is 0 Å². The van der Waals surface area contributed by atoms with E-state index in [1.165, 1.54) is 6.92 Å². The molecule has 1 heterocycles. The SMILES string of the molecule is CC(=O)N(Cc1ccccc1)[C@H](Cc1ccccc1)C(=O)NC[C@@H]1CCCO1. The normalized spacial score (nSPS) is 17.1. The van der Waals surface area contributed by atoms with Gasteiger partial charge in [0.05, 0.1) is 6.10 Å². The number of nitrogens with one attached hydrogen (secondary N) is 1. The molecule has 0 saturated carbocycles. The molecule has 5 nitrogen and oxygen atoms in total. The Bertz CT molecular complexity index is 758. The second kappa shape index (κ2) is 10.0. The van der Waals surface area contributed by atoms with Crippen LogP contribution in [-0.4, -0.2) is 42.0 Å². The minimum Gasteiger partial charge on any atom is -0.376 e. The molecule has 28 heavy (non-hydrogen) atoms. The molecule has 0 bridgehead atoms. The first-order valence-electron chi connectivity index (χ1n) is 9.88. The summed E-state index contributed by atoms with van der Waals surface area (Å²) in [6, 6.07) is 19.0. The summed E-state index contributed by atoms with van der Waals surface area (Å²) in [6.07, 6.45) is 2.54. The minimum absolute atomic E-state index is 0.0706. The Morgan fingerprint density at radius 2 is 1.71 bits per heavy atom. The van der Waals surface area contributed by atoms with E-state index in [0.29, 0.717) is 19.5 Å². The second-order valence-electron chi connectivity index (χ2n) is 7.22. The van der Waals surface area contributed by atoms with Crippen molar-refractivity contribution in [3.8, 4) is 0 Å². The van der Waals surface area contributed by atoms with Gasteiger partial charge in [-0.25, -0.2) is 0 Å². The molecule has 148 valence electrons. The number of amides is 2. The number of ether oxygens (including phenoxy) is 1. The van der Waals surface area contributed by atoms with Crippen molar-refractivity contribution in [1.82, 2.24) is 10.2 Å². The third-order valence-electron chi connectivity index (χ3n) is 5.08. The maximum Gasteiger partial charge on any atom is 0.243 e. The lowest BCUT2D eigenvalue weighted by Gasteiger charge is -2.31. The van der Waals surface area contributed by atoms with Crippen molar-refractivity contribution in [2.75, 3.05) is 13.2 Å². The highest BCUT2D eigenvalue weighted by Crippen LogP contribution is 2.15. The smallest absolute Gasteiger partial charge is 0.243 e. The molecule has 0 aliphatic carbocycles. The molecule has 5 heteroatoms. The number of hydrogen-bond acceptors (Lipinski definition) is 3. The van der Waals surface area contributed by atoms with E-state index in [4.69, 9.17) is 4.74 Å². The van der Waals surface area contributed by atoms with Crippen molar-refractivity contribution in [2.24, 2.45) is 0 Å². The molecule has 1 N–H and O–H groups in total. The fourth-order valence-corrected chi connectivity index (χ4v) is 3.54. The highest BCUT2D eigenvalue weighted by Gasteiger charge is 2.29.